The van der Waals surface area contributed by atoms with E-state index in [1.807, 2.05) is 6.92 Å². The molecule has 1 aliphatic rings. The first-order valence-corrected chi connectivity index (χ1v) is 7.54. The fraction of sp³-hybridized carbons (Fsp3) is 0.643. The number of nitrogens with one attached hydrogen (secondary N) is 2. The molecular weight excluding hydrogens is 329 g/mol. The number of carbonyl (C=O) groups excluding carboxylic acids is 2. The van der Waals surface area contributed by atoms with Crippen molar-refractivity contribution in [2.24, 2.45) is 5.92 Å². The molecule has 1 aliphatic carbocycles. The van der Waals surface area contributed by atoms with Crippen molar-refractivity contribution in [3.05, 3.63) is 11.8 Å². The van der Waals surface area contributed by atoms with Crippen LogP contribution in [0, 0.1) is 12.8 Å². The third-order valence-corrected chi connectivity index (χ3v) is 3.40. The van der Waals surface area contributed by atoms with Gasteiger partial charge in [-0.15, -0.1) is 0 Å². The van der Waals surface area contributed by atoms with E-state index in [9.17, 15) is 22.8 Å². The standard InChI is InChI=1S/C14H19F3N4O3/c1-9-6-19-21(7-10-2-3-10)12(9)20-11(22)4-5-18-13(23)24-8-14(15,16)17/h6,10H,2-5,7-8H2,1H3,(H,18,23)(H,20,22). The summed E-state index contributed by atoms with van der Waals surface area (Å²) in [5.41, 5.74) is 0.821. The first kappa shape index (κ1) is 18.1. The number of aromatic nitrogens is 2. The second kappa shape index (κ2) is 7.54. The molecule has 134 valence electrons. The third-order valence-electron chi connectivity index (χ3n) is 3.40. The minimum Gasteiger partial charge on any atom is -0.440 e. The number of anilines is 1. The van der Waals surface area contributed by atoms with E-state index in [4.69, 9.17) is 0 Å². The predicted octanol–water partition coefficient (Wildman–Crippen LogP) is 2.22. The maximum atomic E-state index is 11.9. The average molecular weight is 348 g/mol. The van der Waals surface area contributed by atoms with Gasteiger partial charge in [0, 0.05) is 25.1 Å². The summed E-state index contributed by atoms with van der Waals surface area (Å²) in [6.07, 6.45) is -1.92. The molecule has 0 atom stereocenters. The van der Waals surface area contributed by atoms with E-state index < -0.39 is 18.9 Å². The SMILES string of the molecule is Cc1cnn(CC2CC2)c1NC(=O)CCNC(=O)OCC(F)(F)F. The van der Waals surface area contributed by atoms with Gasteiger partial charge in [0.2, 0.25) is 5.91 Å². The summed E-state index contributed by atoms with van der Waals surface area (Å²) in [6.45, 7) is 0.771. The number of rotatable bonds is 7. The highest BCUT2D eigenvalue weighted by atomic mass is 19.4. The lowest BCUT2D eigenvalue weighted by molar-refractivity contribution is -0.160. The zero-order valence-corrected chi connectivity index (χ0v) is 13.2. The number of ether oxygens (including phenoxy) is 1. The number of hydrogen-bond donors (Lipinski definition) is 2. The van der Waals surface area contributed by atoms with Gasteiger partial charge >= 0.3 is 12.3 Å². The van der Waals surface area contributed by atoms with Crippen LogP contribution in [-0.4, -0.2) is 41.1 Å². The molecular formula is C14H19F3N4O3. The zero-order chi connectivity index (χ0) is 17.7. The van der Waals surface area contributed by atoms with Crippen molar-refractivity contribution < 1.29 is 27.5 Å². The molecule has 10 heteroatoms. The molecule has 0 spiro atoms. The van der Waals surface area contributed by atoms with Gasteiger partial charge in [-0.25, -0.2) is 9.48 Å². The van der Waals surface area contributed by atoms with Gasteiger partial charge < -0.3 is 15.4 Å². The van der Waals surface area contributed by atoms with Crippen molar-refractivity contribution >= 4 is 17.8 Å². The molecule has 1 heterocycles. The minimum atomic E-state index is -4.58. The first-order valence-electron chi connectivity index (χ1n) is 7.54. The van der Waals surface area contributed by atoms with Gasteiger partial charge in [0.05, 0.1) is 6.20 Å². The summed E-state index contributed by atoms with van der Waals surface area (Å²) in [5.74, 6) is 0.823. The molecule has 0 unspecified atom stereocenters. The molecule has 0 aliphatic heterocycles. The smallest absolute Gasteiger partial charge is 0.422 e. The first-order chi connectivity index (χ1) is 11.2. The Hall–Kier alpha value is -2.26. The van der Waals surface area contributed by atoms with E-state index in [0.717, 1.165) is 24.9 Å². The van der Waals surface area contributed by atoms with E-state index in [1.165, 1.54) is 0 Å². The van der Waals surface area contributed by atoms with Crippen LogP contribution in [-0.2, 0) is 16.1 Å². The monoisotopic (exact) mass is 348 g/mol. The Bertz CT molecular complexity index is 597. The molecule has 1 fully saturated rings. The number of alkyl halides is 3. The van der Waals surface area contributed by atoms with Crippen LogP contribution < -0.4 is 10.6 Å². The third kappa shape index (κ3) is 6.09. The average Bonchev–Trinajstić information content (AvgIpc) is 3.24. The summed E-state index contributed by atoms with van der Waals surface area (Å²) in [6, 6.07) is 0. The highest BCUT2D eigenvalue weighted by molar-refractivity contribution is 5.90. The maximum Gasteiger partial charge on any atom is 0.422 e. The summed E-state index contributed by atoms with van der Waals surface area (Å²) in [5, 5.41) is 9.01. The topological polar surface area (TPSA) is 85.3 Å². The van der Waals surface area contributed by atoms with Crippen LogP contribution in [0.5, 0.6) is 0 Å². The van der Waals surface area contributed by atoms with Crippen molar-refractivity contribution in [3.63, 3.8) is 0 Å². The summed E-state index contributed by atoms with van der Waals surface area (Å²) in [4.78, 5) is 22.9. The Labute approximate surface area is 136 Å². The van der Waals surface area contributed by atoms with Crippen LogP contribution in [0.3, 0.4) is 0 Å². The van der Waals surface area contributed by atoms with Crippen LogP contribution in [0.4, 0.5) is 23.8 Å². The molecule has 7 nitrogen and oxygen atoms in total. The van der Waals surface area contributed by atoms with Crippen molar-refractivity contribution in [2.75, 3.05) is 18.5 Å². The fourth-order valence-corrected chi connectivity index (χ4v) is 2.00. The van der Waals surface area contributed by atoms with Crippen LogP contribution in [0.25, 0.3) is 0 Å². The molecule has 1 aromatic rings. The molecule has 0 saturated heterocycles. The number of aryl methyl sites for hydroxylation is 1. The number of halogens is 3. The zero-order valence-electron chi connectivity index (χ0n) is 13.2. The lowest BCUT2D eigenvalue weighted by Gasteiger charge is -2.11. The molecule has 0 radical (unpaired) electrons. The Balaban J connectivity index is 1.71. The quantitative estimate of drug-likeness (QED) is 0.791. The molecule has 2 amide bonds. The molecule has 2 N–H and O–H groups in total. The van der Waals surface area contributed by atoms with Crippen LogP contribution in [0.1, 0.15) is 24.8 Å². The summed E-state index contributed by atoms with van der Waals surface area (Å²) in [7, 11) is 0. The van der Waals surface area contributed by atoms with E-state index in [1.54, 1.807) is 10.9 Å². The number of amides is 2. The molecule has 1 saturated carbocycles. The van der Waals surface area contributed by atoms with Gasteiger partial charge in [0.1, 0.15) is 5.82 Å². The van der Waals surface area contributed by atoms with Gasteiger partial charge in [-0.2, -0.15) is 18.3 Å². The van der Waals surface area contributed by atoms with Crippen molar-refractivity contribution in [1.82, 2.24) is 15.1 Å². The van der Waals surface area contributed by atoms with Crippen LogP contribution >= 0.6 is 0 Å². The Kier molecular flexibility index (Phi) is 5.68. The van der Waals surface area contributed by atoms with Crippen molar-refractivity contribution in [3.8, 4) is 0 Å². The van der Waals surface area contributed by atoms with Gasteiger partial charge in [-0.1, -0.05) is 0 Å². The number of alkyl carbamates (subject to hydrolysis) is 1. The van der Waals surface area contributed by atoms with Crippen molar-refractivity contribution in [2.45, 2.75) is 38.9 Å². The Morgan fingerprint density at radius 3 is 2.75 bits per heavy atom. The fourth-order valence-electron chi connectivity index (χ4n) is 2.00. The molecule has 24 heavy (non-hydrogen) atoms. The van der Waals surface area contributed by atoms with Crippen LogP contribution in [0.2, 0.25) is 0 Å². The minimum absolute atomic E-state index is 0.0881. The highest BCUT2D eigenvalue weighted by Crippen LogP contribution is 2.31. The second-order valence-electron chi connectivity index (χ2n) is 5.72. The lowest BCUT2D eigenvalue weighted by atomic mass is 10.3. The van der Waals surface area contributed by atoms with Gasteiger partial charge in [-0.3, -0.25) is 4.79 Å². The highest BCUT2D eigenvalue weighted by Gasteiger charge is 2.29. The van der Waals surface area contributed by atoms with Gasteiger partial charge in [0.15, 0.2) is 6.61 Å². The predicted molar refractivity (Wildman–Crippen MR) is 78.3 cm³/mol. The largest absolute Gasteiger partial charge is 0.440 e. The van der Waals surface area contributed by atoms with E-state index in [-0.39, 0.29) is 18.9 Å². The normalized spacial score (nSPS) is 14.3. The second-order valence-corrected chi connectivity index (χ2v) is 5.72. The molecule has 2 rings (SSSR count). The van der Waals surface area contributed by atoms with Gasteiger partial charge in [-0.05, 0) is 25.7 Å². The summed E-state index contributed by atoms with van der Waals surface area (Å²) < 4.78 is 41.3. The number of carbonyl (C=O) groups is 2. The van der Waals surface area contributed by atoms with E-state index in [2.05, 4.69) is 20.5 Å². The van der Waals surface area contributed by atoms with E-state index >= 15 is 0 Å². The Morgan fingerprint density at radius 1 is 1.42 bits per heavy atom. The van der Waals surface area contributed by atoms with Crippen LogP contribution in [0.15, 0.2) is 6.20 Å². The molecule has 1 aromatic heterocycles. The number of hydrogen-bond acceptors (Lipinski definition) is 4. The molecule has 0 aromatic carbocycles. The van der Waals surface area contributed by atoms with Crippen molar-refractivity contribution in [1.29, 1.82) is 0 Å². The maximum absolute atomic E-state index is 11.9. The molecule has 0 bridgehead atoms. The lowest BCUT2D eigenvalue weighted by Crippen LogP contribution is -2.31. The Morgan fingerprint density at radius 2 is 2.12 bits per heavy atom. The van der Waals surface area contributed by atoms with Gasteiger partial charge in [0.25, 0.3) is 0 Å². The van der Waals surface area contributed by atoms with E-state index in [0.29, 0.717) is 11.7 Å². The summed E-state index contributed by atoms with van der Waals surface area (Å²) >= 11 is 0. The number of nitrogens with zero attached hydrogens (tertiary/aromatic N) is 2.